The van der Waals surface area contributed by atoms with Gasteiger partial charge in [-0.25, -0.2) is 5.43 Å². The molecule has 2 aromatic carbocycles. The van der Waals surface area contributed by atoms with E-state index in [0.717, 1.165) is 57.4 Å². The summed E-state index contributed by atoms with van der Waals surface area (Å²) in [4.78, 5) is 40.7. The molecule has 1 aliphatic rings. The second-order valence-corrected chi connectivity index (χ2v) is 13.4. The number of hydrogen-bond donors (Lipinski definition) is 3. The molecular weight excluding hydrogens is 622 g/mol. The number of hydrazine groups is 1. The predicted molar refractivity (Wildman–Crippen MR) is 189 cm³/mol. The van der Waals surface area contributed by atoms with E-state index >= 15 is 0 Å². The number of phenols is 1. The van der Waals surface area contributed by atoms with Gasteiger partial charge in [0.15, 0.2) is 0 Å². The van der Waals surface area contributed by atoms with Crippen molar-refractivity contribution in [2.24, 2.45) is 5.41 Å². The van der Waals surface area contributed by atoms with Crippen molar-refractivity contribution >= 4 is 29.7 Å². The van der Waals surface area contributed by atoms with Crippen LogP contribution in [0.15, 0.2) is 54.7 Å². The van der Waals surface area contributed by atoms with Gasteiger partial charge in [0, 0.05) is 61.2 Å². The Morgan fingerprint density at radius 3 is 2.65 bits per heavy atom. The van der Waals surface area contributed by atoms with Crippen molar-refractivity contribution in [1.29, 1.82) is 0 Å². The summed E-state index contributed by atoms with van der Waals surface area (Å²) in [6, 6.07) is 14.8. The maximum absolute atomic E-state index is 13.3. The smallest absolute Gasteiger partial charge is 0.293 e. The number of aromatic hydroxyl groups is 1. The number of methoxy groups -OCH3 is 1. The number of carbonyl (C=O) groups is 3. The van der Waals surface area contributed by atoms with Gasteiger partial charge in [0.2, 0.25) is 6.41 Å². The number of amides is 2. The molecule has 260 valence electrons. The van der Waals surface area contributed by atoms with E-state index in [1.54, 1.807) is 30.4 Å². The number of nitrogens with one attached hydrogen (secondary N) is 2. The zero-order chi connectivity index (χ0) is 35.1. The number of benzene rings is 2. The average Bonchev–Trinajstić information content (AvgIpc) is 3.41. The van der Waals surface area contributed by atoms with Crippen molar-refractivity contribution in [1.82, 2.24) is 25.3 Å². The zero-order valence-electron chi connectivity index (χ0n) is 29.0. The molecule has 1 fully saturated rings. The number of aryl methyl sites for hydroxylation is 1. The number of nitrogens with zero attached hydrogens (tertiary/aromatic N) is 3. The number of rotatable bonds is 15. The summed E-state index contributed by atoms with van der Waals surface area (Å²) in [5.41, 5.74) is 10.1. The highest BCUT2D eigenvalue weighted by molar-refractivity contribution is 5.95. The highest BCUT2D eigenvalue weighted by Crippen LogP contribution is 2.42. The first-order valence-corrected chi connectivity index (χ1v) is 16.9. The molecule has 2 aromatic heterocycles. The Kier molecular flexibility index (Phi) is 11.4. The maximum atomic E-state index is 13.3. The van der Waals surface area contributed by atoms with E-state index < -0.39 is 6.04 Å². The number of fused-ring (bicyclic) bond motifs is 1. The van der Waals surface area contributed by atoms with Crippen LogP contribution in [0, 0.1) is 5.41 Å². The molecule has 0 spiro atoms. The third kappa shape index (κ3) is 7.95. The van der Waals surface area contributed by atoms with Crippen LogP contribution in [0.25, 0.3) is 33.3 Å². The van der Waals surface area contributed by atoms with E-state index in [2.05, 4.69) is 54.3 Å². The van der Waals surface area contributed by atoms with Gasteiger partial charge in [-0.2, -0.15) is 0 Å². The molecule has 0 aliphatic carbocycles. The summed E-state index contributed by atoms with van der Waals surface area (Å²) in [5.74, 6) is -0.149. The SMILES string of the molecule is CCn1c(-c2cccnc2C(C)OC)c(CC(C)(C)COC=O)c2cc(-c3cc(O)cc(CC(NC=O)C(=O)N4CCCCN4)c3)ccc21. The van der Waals surface area contributed by atoms with Crippen molar-refractivity contribution in [3.05, 3.63) is 71.5 Å². The third-order valence-electron chi connectivity index (χ3n) is 9.21. The zero-order valence-corrected chi connectivity index (χ0v) is 29.0. The Morgan fingerprint density at radius 2 is 1.96 bits per heavy atom. The average molecular weight is 670 g/mol. The molecule has 1 aliphatic heterocycles. The molecule has 2 unspecified atom stereocenters. The molecule has 3 N–H and O–H groups in total. The number of carbonyl (C=O) groups excluding carboxylic acids is 3. The van der Waals surface area contributed by atoms with Crippen LogP contribution in [0.3, 0.4) is 0 Å². The first-order valence-electron chi connectivity index (χ1n) is 16.9. The van der Waals surface area contributed by atoms with Gasteiger partial charge < -0.3 is 24.5 Å². The first-order chi connectivity index (χ1) is 23.6. The van der Waals surface area contributed by atoms with Crippen molar-refractivity contribution in [2.45, 2.75) is 72.1 Å². The Hall–Kier alpha value is -4.74. The van der Waals surface area contributed by atoms with E-state index in [-0.39, 0.29) is 36.2 Å². The van der Waals surface area contributed by atoms with Crippen molar-refractivity contribution in [3.63, 3.8) is 0 Å². The standard InChI is InChI=1S/C38H47N5O6/c1-6-42-34-12-11-27(28-16-26(17-29(46)19-28)18-33(40-23-44)37(47)43-15-8-7-14-41-43)20-31(34)32(21-38(3,4)22-49-24-45)36(42)30-10-9-13-39-35(30)25(2)48-5/h9-13,16-17,19-20,23-25,33,41,46H,6-8,14-15,18,21-22H2,1-5H3,(H,40,44). The summed E-state index contributed by atoms with van der Waals surface area (Å²) in [6.07, 6.45) is 4.78. The van der Waals surface area contributed by atoms with Crippen LogP contribution < -0.4 is 10.7 Å². The minimum atomic E-state index is -0.785. The Balaban J connectivity index is 1.63. The second kappa shape index (κ2) is 15.7. The minimum absolute atomic E-state index is 0.0636. The lowest BCUT2D eigenvalue weighted by atomic mass is 9.84. The fraction of sp³-hybridized carbons (Fsp3) is 0.421. The molecule has 49 heavy (non-hydrogen) atoms. The molecule has 0 saturated carbocycles. The van der Waals surface area contributed by atoms with Crippen LogP contribution in [0.4, 0.5) is 0 Å². The molecule has 2 amide bonds. The number of phenolic OH excluding ortho intramolecular Hbond substituents is 1. The van der Waals surface area contributed by atoms with E-state index in [1.807, 2.05) is 25.1 Å². The van der Waals surface area contributed by atoms with Crippen molar-refractivity contribution in [2.75, 3.05) is 26.8 Å². The molecule has 0 bridgehead atoms. The van der Waals surface area contributed by atoms with Crippen LogP contribution in [-0.2, 0) is 43.2 Å². The van der Waals surface area contributed by atoms with Gasteiger partial charge in [-0.15, -0.1) is 0 Å². The number of ether oxygens (including phenoxy) is 2. The quantitative estimate of drug-likeness (QED) is 0.145. The highest BCUT2D eigenvalue weighted by Gasteiger charge is 2.29. The fourth-order valence-corrected chi connectivity index (χ4v) is 6.82. The van der Waals surface area contributed by atoms with E-state index in [1.165, 1.54) is 0 Å². The summed E-state index contributed by atoms with van der Waals surface area (Å²) in [5, 5.41) is 16.2. The molecule has 2 atom stereocenters. The number of hydrogen-bond acceptors (Lipinski definition) is 8. The number of aromatic nitrogens is 2. The molecule has 1 saturated heterocycles. The lowest BCUT2D eigenvalue weighted by molar-refractivity contribution is -0.139. The molecular formula is C38H47N5O6. The van der Waals surface area contributed by atoms with Gasteiger partial charge in [-0.05, 0) is 91.8 Å². The van der Waals surface area contributed by atoms with Crippen LogP contribution in [0.1, 0.15) is 63.5 Å². The number of pyridine rings is 1. The molecule has 3 heterocycles. The van der Waals surface area contributed by atoms with Gasteiger partial charge >= 0.3 is 0 Å². The third-order valence-corrected chi connectivity index (χ3v) is 9.21. The topological polar surface area (TPSA) is 135 Å². The normalized spacial score (nSPS) is 14.8. The van der Waals surface area contributed by atoms with Gasteiger partial charge in [0.1, 0.15) is 11.8 Å². The molecule has 11 nitrogen and oxygen atoms in total. The molecule has 0 radical (unpaired) electrons. The fourth-order valence-electron chi connectivity index (χ4n) is 6.82. The van der Waals surface area contributed by atoms with Gasteiger partial charge in [0.05, 0.1) is 24.1 Å². The summed E-state index contributed by atoms with van der Waals surface area (Å²) < 4.78 is 13.3. The maximum Gasteiger partial charge on any atom is 0.293 e. The van der Waals surface area contributed by atoms with Gasteiger partial charge in [0.25, 0.3) is 12.4 Å². The Morgan fingerprint density at radius 1 is 1.14 bits per heavy atom. The molecule has 4 aromatic rings. The van der Waals surface area contributed by atoms with E-state index in [4.69, 9.17) is 14.5 Å². The van der Waals surface area contributed by atoms with Crippen LogP contribution in [0.2, 0.25) is 0 Å². The highest BCUT2D eigenvalue weighted by atomic mass is 16.5. The Bertz CT molecular complexity index is 1790. The predicted octanol–water partition coefficient (Wildman–Crippen LogP) is 5.33. The lowest BCUT2D eigenvalue weighted by Crippen LogP contribution is -2.54. The van der Waals surface area contributed by atoms with Gasteiger partial charge in [-0.3, -0.25) is 24.4 Å². The summed E-state index contributed by atoms with van der Waals surface area (Å²) >= 11 is 0. The molecule has 5 rings (SSSR count). The lowest BCUT2D eigenvalue weighted by Gasteiger charge is -2.30. The largest absolute Gasteiger partial charge is 0.508 e. The van der Waals surface area contributed by atoms with E-state index in [9.17, 15) is 19.5 Å². The summed E-state index contributed by atoms with van der Waals surface area (Å²) in [6.45, 7) is 11.0. The van der Waals surface area contributed by atoms with Gasteiger partial charge in [-0.1, -0.05) is 26.0 Å². The van der Waals surface area contributed by atoms with Crippen LogP contribution in [-0.4, -0.2) is 71.3 Å². The summed E-state index contributed by atoms with van der Waals surface area (Å²) in [7, 11) is 1.67. The second-order valence-electron chi connectivity index (χ2n) is 13.4. The Labute approximate surface area is 287 Å². The van der Waals surface area contributed by atoms with Crippen molar-refractivity contribution < 1.29 is 29.0 Å². The minimum Gasteiger partial charge on any atom is -0.508 e. The monoisotopic (exact) mass is 669 g/mol. The van der Waals surface area contributed by atoms with Crippen LogP contribution >= 0.6 is 0 Å². The van der Waals surface area contributed by atoms with E-state index in [0.29, 0.717) is 44.5 Å². The van der Waals surface area contributed by atoms with Crippen molar-refractivity contribution in [3.8, 4) is 28.1 Å². The molecule has 11 heteroatoms. The first kappa shape index (κ1) is 35.6. The van der Waals surface area contributed by atoms with Crippen LogP contribution in [0.5, 0.6) is 5.75 Å².